The van der Waals surface area contributed by atoms with Gasteiger partial charge in [0, 0.05) is 33.6 Å². The van der Waals surface area contributed by atoms with Crippen molar-refractivity contribution < 1.29 is 30.0 Å². The number of nitrogens with one attached hydrogen (secondary N) is 2. The fourth-order valence-electron chi connectivity index (χ4n) is 8.00. The van der Waals surface area contributed by atoms with Crippen LogP contribution in [-0.2, 0) is 25.7 Å². The number of carbonyl (C=O) groups excluding carboxylic acids is 2. The van der Waals surface area contributed by atoms with Gasteiger partial charge in [0.05, 0.1) is 11.1 Å². The Balaban J connectivity index is 1.08. The second-order valence-electron chi connectivity index (χ2n) is 15.0. The summed E-state index contributed by atoms with van der Waals surface area (Å²) in [6.07, 6.45) is 0.692. The standard InChI is InChI=1S/C52H42N2O6/c1-31(25-41-37-21-11-9-15-33(37)29-45(47(41)55)51(59)53-35-17-5-3-6-18-35)27-43-39-23-13-14-24-40(39)44(50(58)49(43)57)28-32(2)26-42-38-22-12-10-16-34(38)30-46(48(42)56)52(60)54-36-19-7-4-8-20-36/h3-24,29-30,55-58H,1-2,25-28H2,(H,53,59)(H,54,60). The molecule has 0 bridgehead atoms. The van der Waals surface area contributed by atoms with E-state index in [1.54, 1.807) is 36.4 Å². The molecule has 6 N–H and O–H groups in total. The lowest BCUT2D eigenvalue weighted by molar-refractivity contribution is 0.101. The van der Waals surface area contributed by atoms with Crippen LogP contribution in [0.3, 0.4) is 0 Å². The van der Waals surface area contributed by atoms with E-state index in [9.17, 15) is 30.0 Å². The van der Waals surface area contributed by atoms with Gasteiger partial charge in [0.2, 0.25) is 0 Å². The summed E-state index contributed by atoms with van der Waals surface area (Å²) in [5.41, 5.74) is 4.68. The van der Waals surface area contributed by atoms with Gasteiger partial charge in [-0.25, -0.2) is 0 Å². The van der Waals surface area contributed by atoms with E-state index >= 15 is 0 Å². The van der Waals surface area contributed by atoms with Crippen LogP contribution in [0.5, 0.6) is 23.0 Å². The molecule has 0 aliphatic rings. The number of para-hydroxylation sites is 2. The van der Waals surface area contributed by atoms with Crippen LogP contribution >= 0.6 is 0 Å². The molecule has 0 aliphatic carbocycles. The molecular formula is C52H42N2O6. The number of amides is 2. The maximum atomic E-state index is 13.4. The van der Waals surface area contributed by atoms with E-state index in [0.717, 1.165) is 21.5 Å². The third-order valence-corrected chi connectivity index (χ3v) is 10.9. The van der Waals surface area contributed by atoms with Gasteiger partial charge in [0.15, 0.2) is 11.5 Å². The number of hydrogen-bond donors (Lipinski definition) is 6. The first kappa shape index (κ1) is 39.0. The van der Waals surface area contributed by atoms with Crippen LogP contribution in [-0.4, -0.2) is 32.2 Å². The molecule has 0 spiro atoms. The highest BCUT2D eigenvalue weighted by Crippen LogP contribution is 2.44. The van der Waals surface area contributed by atoms with Crippen LogP contribution in [0.25, 0.3) is 32.3 Å². The lowest BCUT2D eigenvalue weighted by Crippen LogP contribution is -2.13. The summed E-state index contributed by atoms with van der Waals surface area (Å²) in [4.78, 5) is 26.9. The Kier molecular flexibility index (Phi) is 10.8. The molecule has 60 heavy (non-hydrogen) atoms. The number of carbonyl (C=O) groups is 2. The van der Waals surface area contributed by atoms with Gasteiger partial charge in [0.25, 0.3) is 11.8 Å². The molecule has 0 saturated carbocycles. The topological polar surface area (TPSA) is 139 Å². The number of anilines is 2. The van der Waals surface area contributed by atoms with Gasteiger partial charge in [-0.3, -0.25) is 9.59 Å². The molecule has 8 aromatic carbocycles. The van der Waals surface area contributed by atoms with Crippen molar-refractivity contribution in [3.05, 3.63) is 203 Å². The molecule has 0 heterocycles. The normalized spacial score (nSPS) is 11.1. The van der Waals surface area contributed by atoms with Crippen LogP contribution in [0.1, 0.15) is 43.0 Å². The predicted octanol–water partition coefficient (Wildman–Crippen LogP) is 11.2. The zero-order valence-electron chi connectivity index (χ0n) is 32.7. The second kappa shape index (κ2) is 16.6. The fourth-order valence-corrected chi connectivity index (χ4v) is 8.00. The summed E-state index contributed by atoms with van der Waals surface area (Å²) in [6.45, 7) is 8.67. The summed E-state index contributed by atoms with van der Waals surface area (Å²) in [7, 11) is 0. The van der Waals surface area contributed by atoms with Gasteiger partial charge in [-0.15, -0.1) is 0 Å². The van der Waals surface area contributed by atoms with Gasteiger partial charge in [0.1, 0.15) is 11.5 Å². The molecule has 8 heteroatoms. The molecule has 8 nitrogen and oxygen atoms in total. The minimum absolute atomic E-state index is 0.124. The summed E-state index contributed by atoms with van der Waals surface area (Å²) >= 11 is 0. The quantitative estimate of drug-likeness (QED) is 0.0538. The summed E-state index contributed by atoms with van der Waals surface area (Å²) < 4.78 is 0. The number of allylic oxidation sites excluding steroid dienone is 2. The van der Waals surface area contributed by atoms with Crippen molar-refractivity contribution in [2.75, 3.05) is 10.6 Å². The fraction of sp³-hybridized carbons (Fsp3) is 0.0769. The van der Waals surface area contributed by atoms with E-state index in [-0.39, 0.29) is 59.8 Å². The van der Waals surface area contributed by atoms with Gasteiger partial charge in [-0.05, 0) is 94.4 Å². The van der Waals surface area contributed by atoms with Gasteiger partial charge in [-0.1, -0.05) is 133 Å². The van der Waals surface area contributed by atoms with Crippen LogP contribution in [0.2, 0.25) is 0 Å². The average Bonchev–Trinajstić information content (AvgIpc) is 3.26. The van der Waals surface area contributed by atoms with Crippen molar-refractivity contribution in [2.24, 2.45) is 0 Å². The van der Waals surface area contributed by atoms with E-state index < -0.39 is 11.8 Å². The molecule has 8 aromatic rings. The number of phenols is 4. The molecular weight excluding hydrogens is 749 g/mol. The smallest absolute Gasteiger partial charge is 0.259 e. The molecule has 296 valence electrons. The van der Waals surface area contributed by atoms with E-state index in [2.05, 4.69) is 23.8 Å². The molecule has 2 amide bonds. The first-order valence-corrected chi connectivity index (χ1v) is 19.5. The van der Waals surface area contributed by atoms with Crippen LogP contribution in [0.15, 0.2) is 170 Å². The number of hydrogen-bond acceptors (Lipinski definition) is 6. The largest absolute Gasteiger partial charge is 0.507 e. The van der Waals surface area contributed by atoms with Gasteiger partial charge < -0.3 is 31.1 Å². The number of fused-ring (bicyclic) bond motifs is 3. The lowest BCUT2D eigenvalue weighted by atomic mass is 9.87. The first-order chi connectivity index (χ1) is 29.1. The highest BCUT2D eigenvalue weighted by molar-refractivity contribution is 6.10. The molecule has 0 aromatic heterocycles. The van der Waals surface area contributed by atoms with Crippen molar-refractivity contribution in [2.45, 2.75) is 25.7 Å². The predicted molar refractivity (Wildman–Crippen MR) is 240 cm³/mol. The maximum absolute atomic E-state index is 13.4. The number of phenolic OH excluding ortho intramolecular Hbond substituents is 4. The molecule has 0 radical (unpaired) electrons. The molecule has 8 rings (SSSR count). The summed E-state index contributed by atoms with van der Waals surface area (Å²) in [6, 6.07) is 43.8. The number of aromatic hydroxyl groups is 4. The Bertz CT molecular complexity index is 2790. The number of benzene rings is 8. The van der Waals surface area contributed by atoms with Gasteiger partial charge >= 0.3 is 0 Å². The zero-order chi connectivity index (χ0) is 41.9. The van der Waals surface area contributed by atoms with Crippen molar-refractivity contribution in [3.8, 4) is 23.0 Å². The van der Waals surface area contributed by atoms with E-state index in [1.807, 2.05) is 109 Å². The SMILES string of the molecule is C=C(Cc1c(O)c(C(=O)Nc2ccccc2)cc2ccccc12)Cc1c(O)c(O)c(CC(=C)Cc2c(O)c(C(=O)Nc3ccccc3)cc3ccccc23)c2ccccc12. The molecule has 0 atom stereocenters. The Hall–Kier alpha value is -7.84. The molecule has 0 saturated heterocycles. The van der Waals surface area contributed by atoms with Gasteiger partial charge in [-0.2, -0.15) is 0 Å². The minimum Gasteiger partial charge on any atom is -0.507 e. The summed E-state index contributed by atoms with van der Waals surface area (Å²) in [5, 5.41) is 56.7. The van der Waals surface area contributed by atoms with Crippen molar-refractivity contribution in [1.29, 1.82) is 0 Å². The Morgan fingerprint density at radius 1 is 0.400 bits per heavy atom. The monoisotopic (exact) mass is 790 g/mol. The van der Waals surface area contributed by atoms with Crippen LogP contribution in [0.4, 0.5) is 11.4 Å². The minimum atomic E-state index is -0.452. The lowest BCUT2D eigenvalue weighted by Gasteiger charge is -2.19. The summed E-state index contributed by atoms with van der Waals surface area (Å²) in [5.74, 6) is -1.81. The van der Waals surface area contributed by atoms with E-state index in [4.69, 9.17) is 0 Å². The maximum Gasteiger partial charge on any atom is 0.259 e. The molecule has 0 unspecified atom stereocenters. The Labute approximate surface area is 347 Å². The van der Waals surface area contributed by atoms with Crippen molar-refractivity contribution in [3.63, 3.8) is 0 Å². The zero-order valence-corrected chi connectivity index (χ0v) is 32.7. The Morgan fingerprint density at radius 3 is 1.07 bits per heavy atom. The molecule has 0 fully saturated rings. The van der Waals surface area contributed by atoms with Crippen molar-refractivity contribution >= 4 is 55.5 Å². The third-order valence-electron chi connectivity index (χ3n) is 10.9. The number of rotatable bonds is 12. The van der Waals surface area contributed by atoms with E-state index in [0.29, 0.717) is 55.5 Å². The van der Waals surface area contributed by atoms with E-state index in [1.165, 1.54) is 0 Å². The molecule has 0 aliphatic heterocycles. The third kappa shape index (κ3) is 7.74. The highest BCUT2D eigenvalue weighted by Gasteiger charge is 2.24. The van der Waals surface area contributed by atoms with Crippen LogP contribution < -0.4 is 10.6 Å². The highest BCUT2D eigenvalue weighted by atomic mass is 16.3. The second-order valence-corrected chi connectivity index (χ2v) is 15.0. The average molecular weight is 791 g/mol. The van der Waals surface area contributed by atoms with Crippen LogP contribution in [0, 0.1) is 0 Å². The Morgan fingerprint density at radius 2 is 0.700 bits per heavy atom. The van der Waals surface area contributed by atoms with Crippen molar-refractivity contribution in [1.82, 2.24) is 0 Å². The first-order valence-electron chi connectivity index (χ1n) is 19.5.